The molecule has 9 heteroatoms. The molecule has 9 nitrogen and oxygen atoms in total. The summed E-state index contributed by atoms with van der Waals surface area (Å²) in [5.74, 6) is 11.7. The van der Waals surface area contributed by atoms with E-state index in [0.29, 0.717) is 4.90 Å². The van der Waals surface area contributed by atoms with Crippen molar-refractivity contribution < 1.29 is 19.4 Å². The summed E-state index contributed by atoms with van der Waals surface area (Å²) in [4.78, 5) is 47.0. The zero-order valence-corrected chi connectivity index (χ0v) is 14.2. The van der Waals surface area contributed by atoms with Crippen LogP contribution in [0.4, 0.5) is 11.4 Å². The molecule has 1 heterocycles. The van der Waals surface area contributed by atoms with E-state index >= 15 is 0 Å². The maximum Gasteiger partial charge on any atom is 0.284 e. The van der Waals surface area contributed by atoms with Gasteiger partial charge >= 0.3 is 0 Å². The van der Waals surface area contributed by atoms with Crippen LogP contribution in [0.3, 0.4) is 0 Å². The highest BCUT2D eigenvalue weighted by molar-refractivity contribution is 6.28. The van der Waals surface area contributed by atoms with Gasteiger partial charge in [-0.25, -0.2) is 0 Å². The summed E-state index contributed by atoms with van der Waals surface area (Å²) in [5.41, 5.74) is -1.43. The average Bonchev–Trinajstić information content (AvgIpc) is 2.69. The Morgan fingerprint density at radius 2 is 1.24 bits per heavy atom. The van der Waals surface area contributed by atoms with Crippen molar-refractivity contribution in [3.63, 3.8) is 0 Å². The quantitative estimate of drug-likeness (QED) is 0.337. The van der Waals surface area contributed by atoms with Crippen LogP contribution in [0.1, 0.15) is 20.7 Å². The lowest BCUT2D eigenvalue weighted by Crippen LogP contribution is -2.36. The van der Waals surface area contributed by atoms with E-state index in [-0.39, 0.29) is 16.5 Å². The lowest BCUT2D eigenvalue weighted by Gasteiger charge is -2.22. The first-order valence-electron chi connectivity index (χ1n) is 7.62. The Morgan fingerprint density at radius 1 is 0.759 bits per heavy atom. The number of amides is 2. The number of terminal acetylenes is 1. The van der Waals surface area contributed by atoms with E-state index in [2.05, 4.69) is 35.6 Å². The van der Waals surface area contributed by atoms with Gasteiger partial charge in [0.05, 0.1) is 21.0 Å². The Labute approximate surface area is 162 Å². The minimum Gasteiger partial charge on any atom is -0.267 e. The number of carbonyl (C=O) groups excluding carboxylic acids is 2. The van der Waals surface area contributed by atoms with Crippen molar-refractivity contribution >= 4 is 34.0 Å². The maximum atomic E-state index is 12.7. The molecule has 0 spiro atoms. The molecule has 0 saturated carbocycles. The van der Waals surface area contributed by atoms with Crippen LogP contribution in [0.15, 0.2) is 24.3 Å². The molecule has 0 fully saturated rings. The van der Waals surface area contributed by atoms with Crippen LogP contribution in [-0.4, -0.2) is 26.6 Å². The van der Waals surface area contributed by atoms with E-state index in [0.717, 1.165) is 24.3 Å². The van der Waals surface area contributed by atoms with Crippen LogP contribution in [0, 0.1) is 68.2 Å². The van der Waals surface area contributed by atoms with Crippen LogP contribution in [-0.2, 0) is 0 Å². The maximum absolute atomic E-state index is 12.7. The van der Waals surface area contributed by atoms with Gasteiger partial charge in [-0.1, -0.05) is 0 Å². The number of benzene rings is 2. The summed E-state index contributed by atoms with van der Waals surface area (Å²) in [5, 5.41) is 22.1. The Balaban J connectivity index is 2.24. The van der Waals surface area contributed by atoms with Gasteiger partial charge < -0.3 is 0 Å². The van der Waals surface area contributed by atoms with Gasteiger partial charge in [-0.2, -0.15) is 4.90 Å². The molecule has 2 amide bonds. The fourth-order valence-corrected chi connectivity index (χ4v) is 2.77. The molecule has 0 unspecified atom stereocenters. The Bertz CT molecular complexity index is 1310. The first-order valence-corrected chi connectivity index (χ1v) is 7.62. The number of nitro groups is 2. The molecule has 0 radical (unpaired) electrons. The summed E-state index contributed by atoms with van der Waals surface area (Å²) >= 11 is 0. The number of rotatable bonds is 2. The van der Waals surface area contributed by atoms with Gasteiger partial charge in [0.15, 0.2) is 0 Å². The van der Waals surface area contributed by atoms with E-state index < -0.39 is 38.4 Å². The van der Waals surface area contributed by atoms with Gasteiger partial charge in [0.1, 0.15) is 5.39 Å². The molecule has 136 valence electrons. The number of hydrogen-bond donors (Lipinski definition) is 0. The van der Waals surface area contributed by atoms with Crippen LogP contribution >= 0.6 is 0 Å². The largest absolute Gasteiger partial charge is 0.284 e. The molecule has 0 saturated heterocycles. The minimum atomic E-state index is -0.882. The third-order valence-electron chi connectivity index (χ3n) is 3.87. The molecule has 2 aromatic rings. The van der Waals surface area contributed by atoms with Crippen molar-refractivity contribution in [2.75, 3.05) is 0 Å². The van der Waals surface area contributed by atoms with E-state index in [1.807, 2.05) is 5.92 Å². The first-order chi connectivity index (χ1) is 13.9. The van der Waals surface area contributed by atoms with Crippen LogP contribution in [0.2, 0.25) is 0 Å². The summed E-state index contributed by atoms with van der Waals surface area (Å²) < 4.78 is 0. The number of hydrogen-bond acceptors (Lipinski definition) is 6. The second-order valence-corrected chi connectivity index (χ2v) is 5.36. The highest BCUT2D eigenvalue weighted by Crippen LogP contribution is 2.40. The molecule has 2 aromatic carbocycles. The summed E-state index contributed by atoms with van der Waals surface area (Å²) in [6, 6.07) is 6.48. The standard InChI is InChI=1S/C20H5N3O6/c1-2-3-4-5-6-7-12-21-19(24)13-8-10-15(22(26)27)18-16(23(28)29)11-9-14(17(13)18)20(21)25/h1,8-11H. The topological polar surface area (TPSA) is 124 Å². The second kappa shape index (κ2) is 7.25. The molecular formula is C20H5N3O6. The van der Waals surface area contributed by atoms with E-state index in [1.54, 1.807) is 0 Å². The Morgan fingerprint density at radius 3 is 1.72 bits per heavy atom. The van der Waals surface area contributed by atoms with E-state index in [1.165, 1.54) is 0 Å². The molecule has 1 aliphatic rings. The van der Waals surface area contributed by atoms with Gasteiger partial charge in [0, 0.05) is 41.3 Å². The number of nitrogens with zero attached hydrogens (tertiary/aromatic N) is 3. The zero-order valence-electron chi connectivity index (χ0n) is 14.2. The molecule has 0 aromatic heterocycles. The van der Waals surface area contributed by atoms with Crippen LogP contribution in [0.5, 0.6) is 0 Å². The number of nitro benzene ring substituents is 2. The summed E-state index contributed by atoms with van der Waals surface area (Å²) in [6.45, 7) is 0. The van der Waals surface area contributed by atoms with Gasteiger partial charge in [0.2, 0.25) is 0 Å². The lowest BCUT2D eigenvalue weighted by atomic mass is 9.92. The van der Waals surface area contributed by atoms with Crippen molar-refractivity contribution in [2.24, 2.45) is 0 Å². The third-order valence-corrected chi connectivity index (χ3v) is 3.87. The molecule has 0 bridgehead atoms. The number of non-ortho nitro benzene ring substituents is 2. The van der Waals surface area contributed by atoms with Crippen molar-refractivity contribution in [3.8, 4) is 48.0 Å². The normalized spacial score (nSPS) is 11.2. The van der Waals surface area contributed by atoms with Gasteiger partial charge in [-0.05, 0) is 29.9 Å². The number of carbonyl (C=O) groups is 2. The summed E-state index contributed by atoms with van der Waals surface area (Å²) in [6.07, 6.45) is 4.93. The van der Waals surface area contributed by atoms with Crippen molar-refractivity contribution in [3.05, 3.63) is 55.6 Å². The van der Waals surface area contributed by atoms with Gasteiger partial charge in [0.25, 0.3) is 23.2 Å². The highest BCUT2D eigenvalue weighted by Gasteiger charge is 2.37. The first kappa shape index (κ1) is 18.7. The predicted molar refractivity (Wildman–Crippen MR) is 99.9 cm³/mol. The van der Waals surface area contributed by atoms with Crippen molar-refractivity contribution in [2.45, 2.75) is 0 Å². The number of imide groups is 1. The van der Waals surface area contributed by atoms with Gasteiger partial charge in [-0.15, -0.1) is 6.42 Å². The highest BCUT2D eigenvalue weighted by atomic mass is 16.6. The molecule has 1 aliphatic heterocycles. The third kappa shape index (κ3) is 3.08. The Hall–Kier alpha value is -5.12. The lowest BCUT2D eigenvalue weighted by molar-refractivity contribution is -0.390. The monoisotopic (exact) mass is 383 g/mol. The molecule has 0 N–H and O–H groups in total. The zero-order chi connectivity index (χ0) is 21.1. The van der Waals surface area contributed by atoms with E-state index in [9.17, 15) is 29.8 Å². The molecule has 29 heavy (non-hydrogen) atoms. The smallest absolute Gasteiger partial charge is 0.267 e. The van der Waals surface area contributed by atoms with Crippen molar-refractivity contribution in [1.82, 2.24) is 4.90 Å². The Kier molecular flexibility index (Phi) is 4.66. The van der Waals surface area contributed by atoms with E-state index in [4.69, 9.17) is 6.42 Å². The fourth-order valence-electron chi connectivity index (χ4n) is 2.77. The molecular weight excluding hydrogens is 378 g/mol. The molecule has 3 rings (SSSR count). The van der Waals surface area contributed by atoms with Crippen molar-refractivity contribution in [1.29, 1.82) is 0 Å². The fraction of sp³-hybridized carbons (Fsp3) is 0. The SMILES string of the molecule is C#CC#CC#CC#CN1C(=O)c2ccc([N+](=O)[O-])c3c([N+](=O)[O-])ccc(c23)C1=O. The van der Waals surface area contributed by atoms with Crippen LogP contribution < -0.4 is 0 Å². The molecule has 0 aliphatic carbocycles. The average molecular weight is 383 g/mol. The van der Waals surface area contributed by atoms with Crippen LogP contribution in [0.25, 0.3) is 10.8 Å². The minimum absolute atomic E-state index is 0.127. The molecule has 0 atom stereocenters. The predicted octanol–water partition coefficient (Wildman–Crippen LogP) is 1.85. The second-order valence-electron chi connectivity index (χ2n) is 5.36. The van der Waals surface area contributed by atoms with Gasteiger partial charge in [-0.3, -0.25) is 29.8 Å². The summed E-state index contributed by atoms with van der Waals surface area (Å²) in [7, 11) is 0.